The second kappa shape index (κ2) is 10.9. The molecule has 140 valence electrons. The summed E-state index contributed by atoms with van der Waals surface area (Å²) in [6.07, 6.45) is 6.47. The van der Waals surface area contributed by atoms with Crippen LogP contribution in [-0.2, 0) is 4.74 Å². The minimum absolute atomic E-state index is 0.519. The Labute approximate surface area is 148 Å². The van der Waals surface area contributed by atoms with Crippen LogP contribution in [0.4, 0.5) is 0 Å². The number of guanidine groups is 1. The average molecular weight is 339 g/mol. The molecular formula is C19H38N4O. The highest BCUT2D eigenvalue weighted by atomic mass is 16.5. The quantitative estimate of drug-likeness (QED) is 0.365. The number of hydrogen-bond acceptors (Lipinski definition) is 3. The molecule has 2 fully saturated rings. The number of aliphatic imine (C=N–C) groups is 1. The number of likely N-dealkylation sites (tertiary alicyclic amines) is 1. The van der Waals surface area contributed by atoms with Gasteiger partial charge in [0.05, 0.1) is 6.54 Å². The molecule has 2 atom stereocenters. The monoisotopic (exact) mass is 338 g/mol. The molecule has 0 spiro atoms. The zero-order valence-corrected chi connectivity index (χ0v) is 16.0. The Bertz CT molecular complexity index is 370. The molecule has 0 aromatic rings. The van der Waals surface area contributed by atoms with Crippen molar-refractivity contribution >= 4 is 5.96 Å². The van der Waals surface area contributed by atoms with Crippen molar-refractivity contribution in [2.75, 3.05) is 45.9 Å². The molecule has 5 nitrogen and oxygen atoms in total. The molecule has 2 unspecified atom stereocenters. The standard InChI is InChI=1S/C19H38N4O/c1-4-20-19(21-10-6-12-24-15-18-8-9-18)22-13-17(3)23-11-5-7-16(2)14-23/h16-18H,4-15H2,1-3H3,(H2,20,21,22). The predicted octanol–water partition coefficient (Wildman–Crippen LogP) is 2.48. The molecule has 5 heteroatoms. The summed E-state index contributed by atoms with van der Waals surface area (Å²) in [7, 11) is 0. The van der Waals surface area contributed by atoms with Gasteiger partial charge in [-0.05, 0) is 64.3 Å². The largest absolute Gasteiger partial charge is 0.381 e. The second-order valence-corrected chi connectivity index (χ2v) is 7.61. The van der Waals surface area contributed by atoms with Gasteiger partial charge < -0.3 is 15.4 Å². The summed E-state index contributed by atoms with van der Waals surface area (Å²) < 4.78 is 5.68. The van der Waals surface area contributed by atoms with Crippen LogP contribution in [0.3, 0.4) is 0 Å². The van der Waals surface area contributed by atoms with Gasteiger partial charge in [0.1, 0.15) is 0 Å². The number of rotatable bonds is 10. The SMILES string of the molecule is CCNC(=NCC(C)N1CCCC(C)C1)NCCCOCC1CC1. The minimum atomic E-state index is 0.519. The third-order valence-corrected chi connectivity index (χ3v) is 4.98. The molecule has 0 radical (unpaired) electrons. The molecule has 1 heterocycles. The van der Waals surface area contributed by atoms with Crippen molar-refractivity contribution in [2.24, 2.45) is 16.8 Å². The van der Waals surface area contributed by atoms with Crippen LogP contribution in [0.25, 0.3) is 0 Å². The van der Waals surface area contributed by atoms with Crippen LogP contribution in [0.5, 0.6) is 0 Å². The van der Waals surface area contributed by atoms with Gasteiger partial charge in [0.15, 0.2) is 5.96 Å². The highest BCUT2D eigenvalue weighted by Gasteiger charge is 2.21. The molecule has 1 saturated carbocycles. The third kappa shape index (κ3) is 7.84. The maximum atomic E-state index is 5.68. The first-order chi connectivity index (χ1) is 11.7. The molecule has 1 aliphatic heterocycles. The van der Waals surface area contributed by atoms with Gasteiger partial charge in [0.25, 0.3) is 0 Å². The molecule has 0 aromatic carbocycles. The molecular weight excluding hydrogens is 300 g/mol. The molecule has 0 amide bonds. The molecule has 2 N–H and O–H groups in total. The van der Waals surface area contributed by atoms with E-state index >= 15 is 0 Å². The Balaban J connectivity index is 1.62. The first-order valence-electron chi connectivity index (χ1n) is 10.0. The normalized spacial score (nSPS) is 24.0. The zero-order chi connectivity index (χ0) is 17.2. The summed E-state index contributed by atoms with van der Waals surface area (Å²) in [6, 6.07) is 0.519. The Morgan fingerprint density at radius 2 is 2.12 bits per heavy atom. The van der Waals surface area contributed by atoms with Crippen molar-refractivity contribution in [2.45, 2.75) is 58.9 Å². The van der Waals surface area contributed by atoms with E-state index in [9.17, 15) is 0 Å². The molecule has 0 bridgehead atoms. The van der Waals surface area contributed by atoms with Crippen LogP contribution in [0.2, 0.25) is 0 Å². The van der Waals surface area contributed by atoms with Gasteiger partial charge in [0, 0.05) is 38.9 Å². The van der Waals surface area contributed by atoms with E-state index in [1.54, 1.807) is 0 Å². The topological polar surface area (TPSA) is 48.9 Å². The summed E-state index contributed by atoms with van der Waals surface area (Å²) in [5, 5.41) is 6.78. The van der Waals surface area contributed by atoms with E-state index in [1.807, 2.05) is 0 Å². The molecule has 2 aliphatic rings. The number of nitrogens with one attached hydrogen (secondary N) is 2. The van der Waals surface area contributed by atoms with Crippen LogP contribution < -0.4 is 10.6 Å². The number of ether oxygens (including phenoxy) is 1. The fraction of sp³-hybridized carbons (Fsp3) is 0.947. The van der Waals surface area contributed by atoms with E-state index in [4.69, 9.17) is 9.73 Å². The van der Waals surface area contributed by atoms with Crippen LogP contribution in [0, 0.1) is 11.8 Å². The molecule has 1 saturated heterocycles. The lowest BCUT2D eigenvalue weighted by Crippen LogP contribution is -2.43. The van der Waals surface area contributed by atoms with Crippen molar-refractivity contribution in [3.05, 3.63) is 0 Å². The lowest BCUT2D eigenvalue weighted by atomic mass is 9.99. The van der Waals surface area contributed by atoms with Crippen molar-refractivity contribution in [1.29, 1.82) is 0 Å². The number of nitrogens with zero attached hydrogens (tertiary/aromatic N) is 2. The Kier molecular flexibility index (Phi) is 8.89. The summed E-state index contributed by atoms with van der Waals surface area (Å²) in [5.41, 5.74) is 0. The summed E-state index contributed by atoms with van der Waals surface area (Å²) >= 11 is 0. The Hall–Kier alpha value is -0.810. The van der Waals surface area contributed by atoms with Crippen LogP contribution >= 0.6 is 0 Å². The number of hydrogen-bond donors (Lipinski definition) is 2. The molecule has 2 rings (SSSR count). The van der Waals surface area contributed by atoms with Gasteiger partial charge in [-0.25, -0.2) is 0 Å². The van der Waals surface area contributed by atoms with Crippen LogP contribution in [-0.4, -0.2) is 62.8 Å². The molecule has 0 aromatic heterocycles. The first-order valence-corrected chi connectivity index (χ1v) is 10.0. The summed E-state index contributed by atoms with van der Waals surface area (Å²) in [5.74, 6) is 2.62. The smallest absolute Gasteiger partial charge is 0.191 e. The maximum absolute atomic E-state index is 5.68. The van der Waals surface area contributed by atoms with Crippen molar-refractivity contribution in [3.63, 3.8) is 0 Å². The molecule has 1 aliphatic carbocycles. The van der Waals surface area contributed by atoms with Crippen LogP contribution in [0.15, 0.2) is 4.99 Å². The van der Waals surface area contributed by atoms with Gasteiger partial charge in [-0.2, -0.15) is 0 Å². The minimum Gasteiger partial charge on any atom is -0.381 e. The maximum Gasteiger partial charge on any atom is 0.191 e. The molecule has 24 heavy (non-hydrogen) atoms. The van der Waals surface area contributed by atoms with E-state index in [-0.39, 0.29) is 0 Å². The van der Waals surface area contributed by atoms with Crippen molar-refractivity contribution < 1.29 is 4.74 Å². The zero-order valence-electron chi connectivity index (χ0n) is 16.0. The van der Waals surface area contributed by atoms with Gasteiger partial charge >= 0.3 is 0 Å². The van der Waals surface area contributed by atoms with Gasteiger partial charge in [-0.15, -0.1) is 0 Å². The van der Waals surface area contributed by atoms with Crippen molar-refractivity contribution in [3.8, 4) is 0 Å². The van der Waals surface area contributed by atoms with Gasteiger partial charge in [-0.3, -0.25) is 9.89 Å². The van der Waals surface area contributed by atoms with E-state index in [1.165, 1.54) is 38.8 Å². The van der Waals surface area contributed by atoms with Crippen molar-refractivity contribution in [1.82, 2.24) is 15.5 Å². The predicted molar refractivity (Wildman–Crippen MR) is 102 cm³/mol. The first kappa shape index (κ1) is 19.5. The van der Waals surface area contributed by atoms with Crippen LogP contribution in [0.1, 0.15) is 52.9 Å². The Morgan fingerprint density at radius 3 is 2.83 bits per heavy atom. The average Bonchev–Trinajstić information content (AvgIpc) is 3.39. The second-order valence-electron chi connectivity index (χ2n) is 7.61. The lowest BCUT2D eigenvalue weighted by Gasteiger charge is -2.35. The van der Waals surface area contributed by atoms with E-state index in [0.29, 0.717) is 6.04 Å². The summed E-state index contributed by atoms with van der Waals surface area (Å²) in [4.78, 5) is 7.37. The van der Waals surface area contributed by atoms with Gasteiger partial charge in [-0.1, -0.05) is 6.92 Å². The third-order valence-electron chi connectivity index (χ3n) is 4.98. The fourth-order valence-corrected chi connectivity index (χ4v) is 3.22. The highest BCUT2D eigenvalue weighted by Crippen LogP contribution is 2.28. The summed E-state index contributed by atoms with van der Waals surface area (Å²) in [6.45, 7) is 13.7. The fourth-order valence-electron chi connectivity index (χ4n) is 3.22. The van der Waals surface area contributed by atoms with Gasteiger partial charge in [0.2, 0.25) is 0 Å². The highest BCUT2D eigenvalue weighted by molar-refractivity contribution is 5.79. The van der Waals surface area contributed by atoms with E-state index in [0.717, 1.165) is 57.1 Å². The number of piperidine rings is 1. The lowest BCUT2D eigenvalue weighted by molar-refractivity contribution is 0.123. The van der Waals surface area contributed by atoms with E-state index in [2.05, 4.69) is 36.3 Å². The Morgan fingerprint density at radius 1 is 1.29 bits per heavy atom. The van der Waals surface area contributed by atoms with E-state index < -0.39 is 0 Å².